The van der Waals surface area contributed by atoms with E-state index in [-0.39, 0.29) is 41.4 Å². The number of carbonyl (C=O) groups is 3. The van der Waals surface area contributed by atoms with Crippen molar-refractivity contribution < 1.29 is 23.9 Å². The summed E-state index contributed by atoms with van der Waals surface area (Å²) in [6.07, 6.45) is 9.18. The molecule has 0 spiro atoms. The second-order valence-electron chi connectivity index (χ2n) is 8.83. The third-order valence-corrected chi connectivity index (χ3v) is 8.00. The van der Waals surface area contributed by atoms with Gasteiger partial charge >= 0.3 is 11.9 Å². The predicted octanol–water partition coefficient (Wildman–Crippen LogP) is 2.70. The molecule has 5 nitrogen and oxygen atoms in total. The van der Waals surface area contributed by atoms with Crippen LogP contribution < -0.4 is 0 Å². The van der Waals surface area contributed by atoms with Crippen LogP contribution in [0.15, 0.2) is 23.3 Å². The Morgan fingerprint density at radius 2 is 1.67 bits per heavy atom. The predicted molar refractivity (Wildman–Crippen MR) is 96.2 cm³/mol. The molecule has 0 saturated heterocycles. The van der Waals surface area contributed by atoms with Crippen LogP contribution in [0.4, 0.5) is 0 Å². The van der Waals surface area contributed by atoms with E-state index >= 15 is 0 Å². The molecule has 5 aliphatic carbocycles. The number of carbonyl (C=O) groups excluding carboxylic acids is 3. The second kappa shape index (κ2) is 6.05. The zero-order chi connectivity index (χ0) is 18.9. The standard InChI is InChI=1S/C22H26O5/c1-26-21(24)17-13-6-4-3-5-12(13)16-18(19(17)22(25)27-2)14-10-7-8-11(9-10)15(14)20(16)23/h7-8,10-11,13-15,17-19H,3-6,9H2,1-2H3/t10-,11+,13+,14+,15-,17+,18-,19-/m1/s1. The molecule has 0 N–H and O–H groups in total. The number of ether oxygens (including phenoxy) is 2. The van der Waals surface area contributed by atoms with Gasteiger partial charge < -0.3 is 9.47 Å². The third-order valence-electron chi connectivity index (χ3n) is 8.00. The molecule has 0 aromatic heterocycles. The molecule has 5 rings (SSSR count). The maximum atomic E-state index is 13.5. The van der Waals surface area contributed by atoms with E-state index in [9.17, 15) is 14.4 Å². The fourth-order valence-corrected chi connectivity index (χ4v) is 7.17. The van der Waals surface area contributed by atoms with Crippen LogP contribution in [0.2, 0.25) is 0 Å². The molecule has 3 saturated carbocycles. The number of allylic oxidation sites excluding steroid dienone is 4. The molecular formula is C22H26O5. The van der Waals surface area contributed by atoms with Crippen molar-refractivity contribution in [2.45, 2.75) is 32.1 Å². The lowest BCUT2D eigenvalue weighted by Crippen LogP contribution is -2.48. The summed E-state index contributed by atoms with van der Waals surface area (Å²) in [5, 5.41) is 0. The summed E-state index contributed by atoms with van der Waals surface area (Å²) < 4.78 is 10.3. The van der Waals surface area contributed by atoms with Crippen LogP contribution in [0.5, 0.6) is 0 Å². The van der Waals surface area contributed by atoms with E-state index in [4.69, 9.17) is 9.47 Å². The Labute approximate surface area is 159 Å². The van der Waals surface area contributed by atoms with Gasteiger partial charge in [0, 0.05) is 11.8 Å². The molecule has 2 bridgehead atoms. The number of fused-ring (bicyclic) bond motifs is 8. The van der Waals surface area contributed by atoms with Gasteiger partial charge in [-0.2, -0.15) is 0 Å². The van der Waals surface area contributed by atoms with Crippen molar-refractivity contribution >= 4 is 17.7 Å². The zero-order valence-electron chi connectivity index (χ0n) is 15.9. The highest BCUT2D eigenvalue weighted by molar-refractivity contribution is 6.04. The first-order valence-corrected chi connectivity index (χ1v) is 10.2. The molecule has 0 aromatic carbocycles. The highest BCUT2D eigenvalue weighted by Gasteiger charge is 2.65. The molecule has 8 atom stereocenters. The van der Waals surface area contributed by atoms with Crippen molar-refractivity contribution in [3.8, 4) is 0 Å². The van der Waals surface area contributed by atoms with Crippen molar-refractivity contribution in [1.82, 2.24) is 0 Å². The molecule has 0 amide bonds. The first-order valence-electron chi connectivity index (χ1n) is 10.2. The van der Waals surface area contributed by atoms with E-state index in [1.165, 1.54) is 14.2 Å². The number of methoxy groups -OCH3 is 2. The molecule has 0 heterocycles. The molecular weight excluding hydrogens is 344 g/mol. The SMILES string of the molecule is COC(=O)[C@H]1[C@H]2C(=C3CCCC[C@@H]3[C@@H]1C(=O)OC)C(=O)[C@H]1[C@@H]2[C@@H]2C=C[C@H]1C2. The molecule has 5 heteroatoms. The maximum Gasteiger partial charge on any atom is 0.310 e. The van der Waals surface area contributed by atoms with E-state index in [0.29, 0.717) is 11.8 Å². The lowest BCUT2D eigenvalue weighted by atomic mass is 9.58. The first kappa shape index (κ1) is 17.2. The highest BCUT2D eigenvalue weighted by Crippen LogP contribution is 2.64. The van der Waals surface area contributed by atoms with Crippen LogP contribution in [-0.4, -0.2) is 31.9 Å². The molecule has 3 fully saturated rings. The fourth-order valence-electron chi connectivity index (χ4n) is 7.17. The molecule has 0 unspecified atom stereocenters. The van der Waals surface area contributed by atoms with Gasteiger partial charge in [0.15, 0.2) is 5.78 Å². The summed E-state index contributed by atoms with van der Waals surface area (Å²) >= 11 is 0. The summed E-state index contributed by atoms with van der Waals surface area (Å²) in [5.74, 6) is -1.08. The monoisotopic (exact) mass is 370 g/mol. The van der Waals surface area contributed by atoms with Crippen molar-refractivity contribution in [3.63, 3.8) is 0 Å². The van der Waals surface area contributed by atoms with Crippen LogP contribution in [0.25, 0.3) is 0 Å². The van der Waals surface area contributed by atoms with Crippen molar-refractivity contribution in [3.05, 3.63) is 23.3 Å². The Kier molecular flexibility index (Phi) is 3.85. The lowest BCUT2D eigenvalue weighted by Gasteiger charge is -2.44. The molecule has 5 aliphatic rings. The largest absolute Gasteiger partial charge is 0.469 e. The summed E-state index contributed by atoms with van der Waals surface area (Å²) in [4.78, 5) is 39.3. The topological polar surface area (TPSA) is 69.7 Å². The molecule has 27 heavy (non-hydrogen) atoms. The minimum absolute atomic E-state index is 0.0152. The quantitative estimate of drug-likeness (QED) is 0.552. The summed E-state index contributed by atoms with van der Waals surface area (Å²) in [6.45, 7) is 0. The van der Waals surface area contributed by atoms with Crippen molar-refractivity contribution in [2.24, 2.45) is 47.3 Å². The first-order chi connectivity index (χ1) is 13.1. The van der Waals surface area contributed by atoms with Gasteiger partial charge in [0.05, 0.1) is 26.1 Å². The molecule has 0 aliphatic heterocycles. The normalized spacial score (nSPS) is 44.0. The Hall–Kier alpha value is -1.91. The van der Waals surface area contributed by atoms with E-state index in [1.807, 2.05) is 0 Å². The van der Waals surface area contributed by atoms with Gasteiger partial charge in [0.1, 0.15) is 0 Å². The van der Waals surface area contributed by atoms with E-state index in [2.05, 4.69) is 12.2 Å². The van der Waals surface area contributed by atoms with Gasteiger partial charge in [-0.15, -0.1) is 0 Å². The van der Waals surface area contributed by atoms with Crippen molar-refractivity contribution in [1.29, 1.82) is 0 Å². The van der Waals surface area contributed by atoms with Crippen LogP contribution >= 0.6 is 0 Å². The second-order valence-corrected chi connectivity index (χ2v) is 8.83. The van der Waals surface area contributed by atoms with Crippen LogP contribution in [0.1, 0.15) is 32.1 Å². The zero-order valence-corrected chi connectivity index (χ0v) is 15.9. The van der Waals surface area contributed by atoms with Crippen LogP contribution in [0.3, 0.4) is 0 Å². The van der Waals surface area contributed by atoms with Crippen LogP contribution in [0, 0.1) is 47.3 Å². The number of Topliss-reactive ketones (excluding diaryl/α,β-unsaturated/α-hetero) is 1. The molecule has 0 aromatic rings. The number of hydrogen-bond acceptors (Lipinski definition) is 5. The van der Waals surface area contributed by atoms with Gasteiger partial charge in [-0.3, -0.25) is 14.4 Å². The maximum absolute atomic E-state index is 13.5. The average molecular weight is 370 g/mol. The Morgan fingerprint density at radius 1 is 0.963 bits per heavy atom. The van der Waals surface area contributed by atoms with Gasteiger partial charge in [-0.1, -0.05) is 24.1 Å². The summed E-state index contributed by atoms with van der Waals surface area (Å²) in [6, 6.07) is 0. The van der Waals surface area contributed by atoms with E-state index in [0.717, 1.165) is 43.3 Å². The Morgan fingerprint density at radius 3 is 2.41 bits per heavy atom. The fraction of sp³-hybridized carbons (Fsp3) is 0.682. The Balaban J connectivity index is 1.70. The molecule has 144 valence electrons. The van der Waals surface area contributed by atoms with E-state index < -0.39 is 11.8 Å². The van der Waals surface area contributed by atoms with Gasteiger partial charge in [0.25, 0.3) is 0 Å². The number of esters is 2. The van der Waals surface area contributed by atoms with Crippen molar-refractivity contribution in [2.75, 3.05) is 14.2 Å². The average Bonchev–Trinajstić information content (AvgIpc) is 3.39. The molecule has 0 radical (unpaired) electrons. The number of hydrogen-bond donors (Lipinski definition) is 0. The van der Waals surface area contributed by atoms with Gasteiger partial charge in [-0.05, 0) is 54.9 Å². The number of ketones is 1. The smallest absolute Gasteiger partial charge is 0.310 e. The minimum atomic E-state index is -0.601. The lowest BCUT2D eigenvalue weighted by molar-refractivity contribution is -0.163. The minimum Gasteiger partial charge on any atom is -0.469 e. The van der Waals surface area contributed by atoms with Gasteiger partial charge in [0.2, 0.25) is 0 Å². The van der Waals surface area contributed by atoms with Crippen LogP contribution in [-0.2, 0) is 23.9 Å². The third kappa shape index (κ3) is 2.14. The summed E-state index contributed by atoms with van der Waals surface area (Å²) in [7, 11) is 2.77. The number of rotatable bonds is 2. The van der Waals surface area contributed by atoms with E-state index in [1.54, 1.807) is 0 Å². The highest BCUT2D eigenvalue weighted by atomic mass is 16.5. The van der Waals surface area contributed by atoms with Gasteiger partial charge in [-0.25, -0.2) is 0 Å². The summed E-state index contributed by atoms with van der Waals surface area (Å²) in [5.41, 5.74) is 2.05. The Bertz CT molecular complexity index is 778.